The number of anilines is 1. The molecule has 3 aromatic carbocycles. The molecule has 0 saturated carbocycles. The highest BCUT2D eigenvalue weighted by molar-refractivity contribution is 9.10. The van der Waals surface area contributed by atoms with E-state index in [-0.39, 0.29) is 4.91 Å². The van der Waals surface area contributed by atoms with Crippen LogP contribution in [0.4, 0.5) is 10.5 Å². The molecule has 0 atom stereocenters. The van der Waals surface area contributed by atoms with E-state index >= 15 is 0 Å². The van der Waals surface area contributed by atoms with E-state index in [1.807, 2.05) is 36.4 Å². The van der Waals surface area contributed by atoms with Gasteiger partial charge in [-0.25, -0.2) is 0 Å². The quantitative estimate of drug-likeness (QED) is 0.181. The predicted octanol–water partition coefficient (Wildman–Crippen LogP) is 7.20. The number of hydrogen-bond acceptors (Lipinski definition) is 6. The Bertz CT molecular complexity index is 1460. The largest absolute Gasteiger partial charge is 0.493 e. The van der Waals surface area contributed by atoms with E-state index in [9.17, 15) is 14.4 Å². The van der Waals surface area contributed by atoms with Crippen LogP contribution < -0.4 is 14.8 Å². The summed E-state index contributed by atoms with van der Waals surface area (Å²) in [6, 6.07) is 18.5. The van der Waals surface area contributed by atoms with E-state index in [1.54, 1.807) is 43.5 Å². The number of amides is 3. The molecule has 4 rings (SSSR count). The lowest BCUT2D eigenvalue weighted by Gasteiger charge is -2.16. The first-order valence-corrected chi connectivity index (χ1v) is 14.2. The van der Waals surface area contributed by atoms with E-state index in [0.717, 1.165) is 32.3 Å². The molecule has 7 nitrogen and oxygen atoms in total. The van der Waals surface area contributed by atoms with Gasteiger partial charge in [-0.2, -0.15) is 0 Å². The number of nitrogens with zero attached hydrogens (tertiary/aromatic N) is 1. The highest BCUT2D eigenvalue weighted by Crippen LogP contribution is 2.37. The molecule has 3 amide bonds. The third-order valence-corrected chi connectivity index (χ3v) is 7.78. The van der Waals surface area contributed by atoms with Gasteiger partial charge in [0.05, 0.1) is 17.7 Å². The molecule has 39 heavy (non-hydrogen) atoms. The number of para-hydroxylation sites is 1. The molecule has 1 aliphatic heterocycles. The Morgan fingerprint density at radius 1 is 1.10 bits per heavy atom. The van der Waals surface area contributed by atoms with Crippen molar-refractivity contribution in [2.45, 2.75) is 13.0 Å². The molecule has 200 valence electrons. The maximum Gasteiger partial charge on any atom is 0.294 e. The number of allylic oxidation sites excluding steroid dienone is 1. The van der Waals surface area contributed by atoms with Crippen LogP contribution in [0.2, 0.25) is 0 Å². The number of imide groups is 1. The summed E-state index contributed by atoms with van der Waals surface area (Å²) < 4.78 is 13.4. The normalized spacial score (nSPS) is 14.0. The molecule has 0 aromatic heterocycles. The van der Waals surface area contributed by atoms with Gasteiger partial charge in [0.25, 0.3) is 11.1 Å². The van der Waals surface area contributed by atoms with Crippen LogP contribution in [0, 0.1) is 0 Å². The lowest BCUT2D eigenvalue weighted by Crippen LogP contribution is -2.36. The Labute approximate surface area is 247 Å². The number of carbonyl (C=O) groups excluding carboxylic acids is 3. The van der Waals surface area contributed by atoms with Gasteiger partial charge in [-0.3, -0.25) is 19.3 Å². The molecule has 0 radical (unpaired) electrons. The fourth-order valence-corrected chi connectivity index (χ4v) is 5.30. The number of carbonyl (C=O) groups is 3. The molecule has 0 aliphatic carbocycles. The van der Waals surface area contributed by atoms with Crippen molar-refractivity contribution in [1.29, 1.82) is 0 Å². The second-order valence-electron chi connectivity index (χ2n) is 8.42. The number of rotatable bonds is 10. The number of halogens is 2. The van der Waals surface area contributed by atoms with Crippen LogP contribution in [0.3, 0.4) is 0 Å². The topological polar surface area (TPSA) is 84.9 Å². The van der Waals surface area contributed by atoms with Crippen molar-refractivity contribution in [2.75, 3.05) is 19.0 Å². The van der Waals surface area contributed by atoms with Crippen LogP contribution in [0.5, 0.6) is 11.5 Å². The van der Waals surface area contributed by atoms with Crippen molar-refractivity contribution in [1.82, 2.24) is 4.90 Å². The van der Waals surface area contributed by atoms with Crippen LogP contribution in [0.1, 0.15) is 16.7 Å². The van der Waals surface area contributed by atoms with Gasteiger partial charge in [0.2, 0.25) is 5.91 Å². The molecule has 1 heterocycles. The predicted molar refractivity (Wildman–Crippen MR) is 161 cm³/mol. The van der Waals surface area contributed by atoms with Crippen molar-refractivity contribution < 1.29 is 23.9 Å². The molecule has 1 N–H and O–H groups in total. The van der Waals surface area contributed by atoms with Crippen molar-refractivity contribution in [3.8, 4) is 11.5 Å². The fourth-order valence-electron chi connectivity index (χ4n) is 3.81. The Morgan fingerprint density at radius 2 is 1.85 bits per heavy atom. The van der Waals surface area contributed by atoms with Crippen molar-refractivity contribution in [3.63, 3.8) is 0 Å². The van der Waals surface area contributed by atoms with Gasteiger partial charge in [0, 0.05) is 14.5 Å². The summed E-state index contributed by atoms with van der Waals surface area (Å²) in [5.41, 5.74) is 3.02. The third kappa shape index (κ3) is 7.20. The molecular weight excluding hydrogens is 648 g/mol. The monoisotopic (exact) mass is 670 g/mol. The minimum absolute atomic E-state index is 0.212. The van der Waals surface area contributed by atoms with E-state index < -0.39 is 23.6 Å². The highest BCUT2D eigenvalue weighted by atomic mass is 79.9. The summed E-state index contributed by atoms with van der Waals surface area (Å²) in [4.78, 5) is 39.3. The molecule has 1 fully saturated rings. The van der Waals surface area contributed by atoms with E-state index in [4.69, 9.17) is 9.47 Å². The maximum atomic E-state index is 13.0. The molecule has 0 spiro atoms. The number of thioether (sulfide) groups is 1. The first kappa shape index (κ1) is 28.7. The smallest absolute Gasteiger partial charge is 0.294 e. The summed E-state index contributed by atoms with van der Waals surface area (Å²) in [5.74, 6) is 0.0545. The van der Waals surface area contributed by atoms with Gasteiger partial charge in [-0.05, 0) is 87.7 Å². The lowest BCUT2D eigenvalue weighted by atomic mass is 10.0. The fraction of sp³-hybridized carbons (Fsp3) is 0.138. The first-order valence-electron chi connectivity index (χ1n) is 11.8. The lowest BCUT2D eigenvalue weighted by molar-refractivity contribution is -0.127. The second kappa shape index (κ2) is 13.1. The van der Waals surface area contributed by atoms with Crippen molar-refractivity contribution in [3.05, 3.63) is 104 Å². The van der Waals surface area contributed by atoms with E-state index in [2.05, 4.69) is 43.8 Å². The number of methoxy groups -OCH3 is 1. The average molecular weight is 672 g/mol. The van der Waals surface area contributed by atoms with Gasteiger partial charge in [-0.15, -0.1) is 6.58 Å². The number of hydrogen-bond donors (Lipinski definition) is 1. The summed E-state index contributed by atoms with van der Waals surface area (Å²) in [6.45, 7) is 3.79. The number of nitrogens with one attached hydrogen (secondary N) is 1. The Hall–Kier alpha value is -3.34. The molecule has 0 bridgehead atoms. The van der Waals surface area contributed by atoms with Crippen LogP contribution in [0.15, 0.2) is 87.2 Å². The summed E-state index contributed by atoms with van der Waals surface area (Å²) >= 11 is 7.58. The molecule has 1 saturated heterocycles. The van der Waals surface area contributed by atoms with Crippen LogP contribution in [0.25, 0.3) is 6.08 Å². The number of ether oxygens (including phenoxy) is 2. The minimum Gasteiger partial charge on any atom is -0.493 e. The SMILES string of the molecule is C=CCc1cc(/C=C2\SC(=O)N(CC(=O)Nc3ccccc3Br)C2=O)cc(OC)c1OCc1ccc(Br)cc1. The third-order valence-electron chi connectivity index (χ3n) is 5.66. The number of benzene rings is 3. The Kier molecular flexibility index (Phi) is 9.66. The molecule has 10 heteroatoms. The van der Waals surface area contributed by atoms with E-state index in [0.29, 0.717) is 40.3 Å². The molecular formula is C29H24Br2N2O5S. The zero-order chi connectivity index (χ0) is 27.9. The maximum absolute atomic E-state index is 13.0. The van der Waals surface area contributed by atoms with Crippen LogP contribution in [-0.2, 0) is 22.6 Å². The van der Waals surface area contributed by atoms with Crippen LogP contribution >= 0.6 is 43.6 Å². The van der Waals surface area contributed by atoms with Gasteiger partial charge in [-0.1, -0.05) is 46.3 Å². The van der Waals surface area contributed by atoms with E-state index in [1.165, 1.54) is 0 Å². The van der Waals surface area contributed by atoms with Crippen LogP contribution in [-0.4, -0.2) is 35.6 Å². The minimum atomic E-state index is -0.535. The molecule has 3 aromatic rings. The average Bonchev–Trinajstić information content (AvgIpc) is 3.17. The molecule has 1 aliphatic rings. The van der Waals surface area contributed by atoms with Gasteiger partial charge < -0.3 is 14.8 Å². The zero-order valence-electron chi connectivity index (χ0n) is 20.9. The van der Waals surface area contributed by atoms with Crippen molar-refractivity contribution >= 4 is 72.4 Å². The van der Waals surface area contributed by atoms with Gasteiger partial charge >= 0.3 is 0 Å². The van der Waals surface area contributed by atoms with Crippen molar-refractivity contribution in [2.24, 2.45) is 0 Å². The van der Waals surface area contributed by atoms with Gasteiger partial charge in [0.15, 0.2) is 11.5 Å². The summed E-state index contributed by atoms with van der Waals surface area (Å²) in [7, 11) is 1.54. The standard InChI is InChI=1S/C29H24Br2N2O5S/c1-3-6-20-13-19(14-24(37-2)27(20)38-17-18-9-11-21(30)12-10-18)15-25-28(35)33(29(36)39-25)16-26(34)32-23-8-5-4-7-22(23)31/h3-5,7-15H,1,6,16-17H2,2H3,(H,32,34)/b25-15-. The second-order valence-corrected chi connectivity index (χ2v) is 11.2. The van der Waals surface area contributed by atoms with Gasteiger partial charge in [0.1, 0.15) is 13.2 Å². The first-order chi connectivity index (χ1) is 18.8. The molecule has 0 unspecified atom stereocenters. The summed E-state index contributed by atoms with van der Waals surface area (Å²) in [6.07, 6.45) is 3.87. The summed E-state index contributed by atoms with van der Waals surface area (Å²) in [5, 5.41) is 2.20. The Morgan fingerprint density at radius 3 is 2.54 bits per heavy atom. The Balaban J connectivity index is 1.53. The zero-order valence-corrected chi connectivity index (χ0v) is 24.9. The highest BCUT2D eigenvalue weighted by Gasteiger charge is 2.36.